The molecule has 39 valence electrons. The van der Waals surface area contributed by atoms with Gasteiger partial charge in [0, 0.05) is 12.4 Å². The molecule has 0 aromatic carbocycles. The van der Waals surface area contributed by atoms with Crippen LogP contribution < -0.4 is 5.32 Å². The maximum absolute atomic E-state index is 10.2. The van der Waals surface area contributed by atoms with Crippen molar-refractivity contribution in [3.05, 3.63) is 0 Å². The lowest BCUT2D eigenvalue weighted by atomic mass is 10.5. The first-order chi connectivity index (χ1) is 3.31. The van der Waals surface area contributed by atoms with Crippen LogP contribution in [0.3, 0.4) is 0 Å². The molecule has 2 nitrogen and oxygen atoms in total. The lowest BCUT2D eigenvalue weighted by Gasteiger charge is -1.87. The van der Waals surface area contributed by atoms with Crippen molar-refractivity contribution in [2.75, 3.05) is 7.05 Å². The zero-order valence-electron chi connectivity index (χ0n) is 4.02. The van der Waals surface area contributed by atoms with Gasteiger partial charge in [-0.2, -0.15) is 0 Å². The second-order valence-electron chi connectivity index (χ2n) is 0.994. The molecule has 0 aliphatic heterocycles. The molecule has 1 amide bonds. The Morgan fingerprint density at radius 3 is 2.71 bits per heavy atom. The Kier molecular flexibility index (Phi) is 3.50. The highest BCUT2D eigenvalue weighted by molar-refractivity contribution is 7.79. The van der Waals surface area contributed by atoms with E-state index in [4.69, 9.17) is 0 Å². The van der Waals surface area contributed by atoms with Crippen LogP contribution in [0.15, 0.2) is 0 Å². The summed E-state index contributed by atoms with van der Waals surface area (Å²) in [5, 5.41) is 4.69. The molecular weight excluding hydrogens is 110 g/mol. The number of nitrogens with one attached hydrogen (secondary N) is 1. The fourth-order valence-corrected chi connectivity index (χ4v) is 0.285. The summed E-state index contributed by atoms with van der Waals surface area (Å²) >= 11 is 4.28. The molecule has 1 radical (unpaired) electrons. The summed E-state index contributed by atoms with van der Waals surface area (Å²) in [6.45, 7) is 0. The van der Waals surface area contributed by atoms with E-state index in [-0.39, 0.29) is 12.3 Å². The minimum absolute atomic E-state index is 0.0880. The molecule has 0 aliphatic carbocycles. The standard InChI is InChI=1S/C4H6NOS/c1-5-4(6)2-3-7/h2H2,1H3,(H,5,6). The summed E-state index contributed by atoms with van der Waals surface area (Å²) in [5.74, 6) is -0.0880. The van der Waals surface area contributed by atoms with E-state index in [9.17, 15) is 4.79 Å². The summed E-state index contributed by atoms with van der Waals surface area (Å²) in [6, 6.07) is 0. The van der Waals surface area contributed by atoms with Crippen LogP contribution in [-0.2, 0) is 4.79 Å². The van der Waals surface area contributed by atoms with Crippen molar-refractivity contribution < 1.29 is 4.79 Å². The highest BCUT2D eigenvalue weighted by Gasteiger charge is 1.88. The van der Waals surface area contributed by atoms with Gasteiger partial charge in [0.15, 0.2) is 0 Å². The van der Waals surface area contributed by atoms with Crippen molar-refractivity contribution >= 4 is 23.5 Å². The third-order valence-corrected chi connectivity index (χ3v) is 0.656. The summed E-state index contributed by atoms with van der Waals surface area (Å²) in [7, 11) is 1.56. The average Bonchev–Trinajstić information content (AvgIpc) is 1.68. The van der Waals surface area contributed by atoms with Gasteiger partial charge in [-0.3, -0.25) is 4.79 Å². The molecule has 0 fully saturated rings. The van der Waals surface area contributed by atoms with Crippen LogP contribution in [0.2, 0.25) is 0 Å². The minimum atomic E-state index is -0.0880. The lowest BCUT2D eigenvalue weighted by molar-refractivity contribution is -0.119. The normalized spacial score (nSPS) is 7.57. The first-order valence-electron chi connectivity index (χ1n) is 1.87. The van der Waals surface area contributed by atoms with Crippen molar-refractivity contribution in [1.29, 1.82) is 0 Å². The Labute approximate surface area is 47.9 Å². The van der Waals surface area contributed by atoms with Crippen LogP contribution in [0.4, 0.5) is 0 Å². The van der Waals surface area contributed by atoms with Gasteiger partial charge in [-0.25, -0.2) is 0 Å². The monoisotopic (exact) mass is 116 g/mol. The Morgan fingerprint density at radius 2 is 2.57 bits per heavy atom. The van der Waals surface area contributed by atoms with Gasteiger partial charge >= 0.3 is 0 Å². The summed E-state index contributed by atoms with van der Waals surface area (Å²) in [6.07, 6.45) is 0.214. The van der Waals surface area contributed by atoms with Crippen LogP contribution in [0, 0.1) is 0 Å². The van der Waals surface area contributed by atoms with Crippen LogP contribution in [-0.4, -0.2) is 18.3 Å². The van der Waals surface area contributed by atoms with Gasteiger partial charge in [0.2, 0.25) is 5.91 Å². The predicted molar refractivity (Wildman–Crippen MR) is 31.3 cm³/mol. The quantitative estimate of drug-likeness (QED) is 0.514. The molecule has 0 saturated carbocycles. The number of hydrogen-bond donors (Lipinski definition) is 1. The number of rotatable bonds is 2. The van der Waals surface area contributed by atoms with Crippen molar-refractivity contribution in [2.45, 2.75) is 6.42 Å². The molecule has 0 spiro atoms. The molecular formula is C4H6NOS. The molecule has 3 heteroatoms. The number of amides is 1. The third-order valence-electron chi connectivity index (χ3n) is 0.512. The minimum Gasteiger partial charge on any atom is -0.359 e. The maximum atomic E-state index is 10.2. The van der Waals surface area contributed by atoms with Gasteiger partial charge in [-0.1, -0.05) is 12.2 Å². The molecule has 0 atom stereocenters. The molecule has 0 saturated heterocycles. The summed E-state index contributed by atoms with van der Waals surface area (Å²) in [5.41, 5.74) is 0. The highest BCUT2D eigenvalue weighted by atomic mass is 32.1. The number of carbonyl (C=O) groups is 1. The van der Waals surface area contributed by atoms with E-state index < -0.39 is 0 Å². The molecule has 0 unspecified atom stereocenters. The molecule has 7 heavy (non-hydrogen) atoms. The van der Waals surface area contributed by atoms with E-state index in [1.54, 1.807) is 7.05 Å². The predicted octanol–water partition coefficient (Wildman–Crippen LogP) is -0.000800. The van der Waals surface area contributed by atoms with E-state index in [0.29, 0.717) is 0 Å². The Morgan fingerprint density at radius 1 is 2.00 bits per heavy atom. The Balaban J connectivity index is 3.17. The van der Waals surface area contributed by atoms with E-state index in [2.05, 4.69) is 22.9 Å². The van der Waals surface area contributed by atoms with Crippen molar-refractivity contribution in [2.24, 2.45) is 0 Å². The number of thiocarbonyl (C=S) groups is 1. The summed E-state index contributed by atoms with van der Waals surface area (Å²) in [4.78, 5) is 10.2. The fraction of sp³-hybridized carbons (Fsp3) is 0.500. The smallest absolute Gasteiger partial charge is 0.225 e. The summed E-state index contributed by atoms with van der Waals surface area (Å²) < 4.78 is 0. The molecule has 0 aromatic heterocycles. The van der Waals surface area contributed by atoms with Gasteiger partial charge < -0.3 is 5.32 Å². The van der Waals surface area contributed by atoms with Gasteiger partial charge in [0.25, 0.3) is 0 Å². The van der Waals surface area contributed by atoms with Crippen LogP contribution in [0.25, 0.3) is 0 Å². The first-order valence-corrected chi connectivity index (χ1v) is 2.27. The topological polar surface area (TPSA) is 29.1 Å². The second-order valence-corrected chi connectivity index (χ2v) is 1.28. The number of carbonyl (C=O) groups excluding carboxylic acids is 1. The second kappa shape index (κ2) is 3.74. The molecule has 0 rings (SSSR count). The fourth-order valence-electron chi connectivity index (χ4n) is 0.154. The van der Waals surface area contributed by atoms with Gasteiger partial charge in [-0.05, 0) is 0 Å². The van der Waals surface area contributed by atoms with Gasteiger partial charge in [0.1, 0.15) is 0 Å². The molecule has 0 aromatic rings. The van der Waals surface area contributed by atoms with Crippen LogP contribution >= 0.6 is 12.2 Å². The molecule has 1 N–H and O–H groups in total. The van der Waals surface area contributed by atoms with Crippen molar-refractivity contribution in [3.63, 3.8) is 0 Å². The van der Waals surface area contributed by atoms with Gasteiger partial charge in [0.05, 0.1) is 6.42 Å². The molecule has 0 heterocycles. The van der Waals surface area contributed by atoms with Crippen LogP contribution in [0.5, 0.6) is 0 Å². The Bertz CT molecular complexity index is 81.8. The van der Waals surface area contributed by atoms with Crippen LogP contribution in [0.1, 0.15) is 6.42 Å². The van der Waals surface area contributed by atoms with E-state index in [1.807, 2.05) is 0 Å². The van der Waals surface area contributed by atoms with E-state index in [1.165, 1.54) is 0 Å². The molecule has 0 bridgehead atoms. The molecule has 0 aliphatic rings. The zero-order chi connectivity index (χ0) is 5.70. The first kappa shape index (κ1) is 6.56. The maximum Gasteiger partial charge on any atom is 0.225 e. The lowest BCUT2D eigenvalue weighted by Crippen LogP contribution is -2.16. The van der Waals surface area contributed by atoms with Crippen molar-refractivity contribution in [3.8, 4) is 0 Å². The SMILES string of the molecule is CNC(=O)C[C]=S. The van der Waals surface area contributed by atoms with Crippen molar-refractivity contribution in [1.82, 2.24) is 5.32 Å². The van der Waals surface area contributed by atoms with Gasteiger partial charge in [-0.15, -0.1) is 0 Å². The average molecular weight is 116 g/mol. The zero-order valence-corrected chi connectivity index (χ0v) is 4.84. The largest absolute Gasteiger partial charge is 0.359 e. The third kappa shape index (κ3) is 3.39. The van der Waals surface area contributed by atoms with E-state index >= 15 is 0 Å². The Hall–Kier alpha value is -0.440. The highest BCUT2D eigenvalue weighted by Crippen LogP contribution is 1.69. The number of hydrogen-bond acceptors (Lipinski definition) is 2. The van der Waals surface area contributed by atoms with E-state index in [0.717, 1.165) is 0 Å².